The number of nitrogens with zero attached hydrogens (tertiary/aromatic N) is 3. The van der Waals surface area contributed by atoms with Gasteiger partial charge in [-0.05, 0) is 47.9 Å². The largest absolute Gasteiger partial charge is 0.478 e. The molecule has 3 aliphatic rings. The number of carboxylic acid groups (broad SMARTS) is 1. The minimum absolute atomic E-state index is 0.144. The Balaban J connectivity index is 1.36. The third-order valence-corrected chi connectivity index (χ3v) is 7.01. The fourth-order valence-electron chi connectivity index (χ4n) is 5.04. The number of carbonyl (C=O) groups is 3. The minimum atomic E-state index is -1.03. The number of ether oxygens (including phenoxy) is 1. The number of fused-ring (bicyclic) bond motifs is 1. The SMILES string of the molecule is O=CN1CCc2c(cccc2N2CCN(C3COC3)CC2)C1C(=O)Nc1ccc(C(=O)O)cc1. The van der Waals surface area contributed by atoms with Gasteiger partial charge in [0.05, 0.1) is 24.8 Å². The molecule has 0 bridgehead atoms. The fraction of sp³-hybridized carbons (Fsp3) is 0.400. The molecule has 34 heavy (non-hydrogen) atoms. The van der Waals surface area contributed by atoms with Crippen molar-refractivity contribution in [2.45, 2.75) is 18.5 Å². The molecule has 0 saturated carbocycles. The van der Waals surface area contributed by atoms with Crippen molar-refractivity contribution in [3.8, 4) is 0 Å². The van der Waals surface area contributed by atoms with Gasteiger partial charge < -0.3 is 25.0 Å². The average molecular weight is 465 g/mol. The molecule has 178 valence electrons. The maximum atomic E-state index is 13.3. The monoisotopic (exact) mass is 464 g/mol. The van der Waals surface area contributed by atoms with Gasteiger partial charge in [0.2, 0.25) is 6.41 Å². The van der Waals surface area contributed by atoms with Crippen LogP contribution in [0.15, 0.2) is 42.5 Å². The number of benzene rings is 2. The first kappa shape index (κ1) is 22.4. The van der Waals surface area contributed by atoms with Crippen LogP contribution in [-0.4, -0.2) is 85.2 Å². The van der Waals surface area contributed by atoms with Crippen LogP contribution in [0.3, 0.4) is 0 Å². The van der Waals surface area contributed by atoms with Gasteiger partial charge in [0.25, 0.3) is 5.91 Å². The van der Waals surface area contributed by atoms with E-state index in [9.17, 15) is 14.4 Å². The van der Waals surface area contributed by atoms with Crippen LogP contribution >= 0.6 is 0 Å². The van der Waals surface area contributed by atoms with E-state index in [4.69, 9.17) is 9.84 Å². The number of carbonyl (C=O) groups excluding carboxylic acids is 2. The van der Waals surface area contributed by atoms with E-state index in [0.717, 1.165) is 62.6 Å². The number of piperazine rings is 1. The van der Waals surface area contributed by atoms with Gasteiger partial charge in [-0.2, -0.15) is 0 Å². The summed E-state index contributed by atoms with van der Waals surface area (Å²) in [5.41, 5.74) is 3.72. The number of carboxylic acids is 1. The Morgan fingerprint density at radius 3 is 2.35 bits per heavy atom. The number of hydrogen-bond acceptors (Lipinski definition) is 6. The summed E-state index contributed by atoms with van der Waals surface area (Å²) in [5.74, 6) is -1.34. The summed E-state index contributed by atoms with van der Waals surface area (Å²) in [6.07, 6.45) is 1.42. The molecule has 2 saturated heterocycles. The number of rotatable bonds is 6. The molecule has 2 amide bonds. The normalized spacial score (nSPS) is 20.9. The summed E-state index contributed by atoms with van der Waals surface area (Å²) in [6, 6.07) is 11.8. The van der Waals surface area contributed by atoms with Crippen molar-refractivity contribution in [2.24, 2.45) is 0 Å². The zero-order valence-electron chi connectivity index (χ0n) is 18.9. The van der Waals surface area contributed by atoms with Crippen molar-refractivity contribution in [1.29, 1.82) is 0 Å². The lowest BCUT2D eigenvalue weighted by atomic mass is 9.90. The first-order valence-corrected chi connectivity index (χ1v) is 11.6. The van der Waals surface area contributed by atoms with E-state index in [2.05, 4.69) is 21.2 Å². The highest BCUT2D eigenvalue weighted by atomic mass is 16.5. The minimum Gasteiger partial charge on any atom is -0.478 e. The summed E-state index contributed by atoms with van der Waals surface area (Å²) in [4.78, 5) is 42.6. The van der Waals surface area contributed by atoms with Crippen molar-refractivity contribution in [3.63, 3.8) is 0 Å². The van der Waals surface area contributed by atoms with E-state index in [-0.39, 0.29) is 11.5 Å². The molecule has 0 aromatic heterocycles. The van der Waals surface area contributed by atoms with Crippen molar-refractivity contribution in [3.05, 3.63) is 59.2 Å². The predicted molar refractivity (Wildman–Crippen MR) is 126 cm³/mol. The maximum Gasteiger partial charge on any atom is 0.335 e. The lowest BCUT2D eigenvalue weighted by molar-refractivity contribution is -0.130. The molecule has 1 unspecified atom stereocenters. The Morgan fingerprint density at radius 2 is 1.74 bits per heavy atom. The van der Waals surface area contributed by atoms with Gasteiger partial charge >= 0.3 is 5.97 Å². The Hall–Kier alpha value is -3.43. The van der Waals surface area contributed by atoms with Gasteiger partial charge in [0, 0.05) is 44.1 Å². The van der Waals surface area contributed by atoms with E-state index < -0.39 is 12.0 Å². The number of amides is 2. The van der Waals surface area contributed by atoms with E-state index in [1.54, 1.807) is 12.1 Å². The molecule has 1 atom stereocenters. The second kappa shape index (κ2) is 9.44. The summed E-state index contributed by atoms with van der Waals surface area (Å²) in [5, 5.41) is 11.9. The van der Waals surface area contributed by atoms with Crippen LogP contribution in [0.2, 0.25) is 0 Å². The van der Waals surface area contributed by atoms with Crippen LogP contribution in [0, 0.1) is 0 Å². The summed E-state index contributed by atoms with van der Waals surface area (Å²) < 4.78 is 5.34. The molecular weight excluding hydrogens is 436 g/mol. The molecule has 5 rings (SSSR count). The van der Waals surface area contributed by atoms with Crippen LogP contribution in [0.5, 0.6) is 0 Å². The van der Waals surface area contributed by atoms with Gasteiger partial charge in [0.1, 0.15) is 6.04 Å². The lowest BCUT2D eigenvalue weighted by Crippen LogP contribution is -2.56. The first-order valence-electron chi connectivity index (χ1n) is 11.6. The Bertz CT molecular complexity index is 1080. The zero-order valence-corrected chi connectivity index (χ0v) is 18.9. The molecule has 0 aliphatic carbocycles. The first-order chi connectivity index (χ1) is 16.5. The highest BCUT2D eigenvalue weighted by Crippen LogP contribution is 2.36. The van der Waals surface area contributed by atoms with Crippen LogP contribution in [0.1, 0.15) is 27.5 Å². The van der Waals surface area contributed by atoms with E-state index in [1.807, 2.05) is 12.1 Å². The third-order valence-electron chi connectivity index (χ3n) is 7.01. The van der Waals surface area contributed by atoms with Crippen molar-refractivity contribution in [1.82, 2.24) is 9.80 Å². The molecule has 9 heteroatoms. The number of nitrogens with one attached hydrogen (secondary N) is 1. The van der Waals surface area contributed by atoms with Crippen LogP contribution in [-0.2, 0) is 20.7 Å². The van der Waals surface area contributed by atoms with Crippen LogP contribution in [0.25, 0.3) is 0 Å². The van der Waals surface area contributed by atoms with Gasteiger partial charge in [-0.15, -0.1) is 0 Å². The third kappa shape index (κ3) is 4.24. The molecular formula is C25H28N4O5. The standard InChI is InChI=1S/C25H28N4O5/c30-16-29-9-8-20-21(23(29)24(31)26-18-6-4-17(5-7-18)25(32)33)2-1-3-22(20)28-12-10-27(11-13-28)19-14-34-15-19/h1-7,16,19,23H,8-15H2,(H,26,31)(H,32,33). The second-order valence-corrected chi connectivity index (χ2v) is 8.93. The molecule has 2 fully saturated rings. The Morgan fingerprint density at radius 1 is 1.00 bits per heavy atom. The van der Waals surface area contributed by atoms with Gasteiger partial charge in [-0.3, -0.25) is 14.5 Å². The Labute approximate surface area is 197 Å². The molecule has 2 aromatic rings. The van der Waals surface area contributed by atoms with E-state index in [1.165, 1.54) is 17.0 Å². The number of hydrogen-bond donors (Lipinski definition) is 2. The maximum absolute atomic E-state index is 13.3. The quantitative estimate of drug-likeness (QED) is 0.626. The number of anilines is 2. The molecule has 0 radical (unpaired) electrons. The summed E-state index contributed by atoms with van der Waals surface area (Å²) in [6.45, 7) is 5.89. The highest BCUT2D eigenvalue weighted by molar-refractivity contribution is 5.98. The zero-order chi connectivity index (χ0) is 23.7. The molecule has 3 aliphatic heterocycles. The van der Waals surface area contributed by atoms with Crippen LogP contribution in [0.4, 0.5) is 11.4 Å². The molecule has 9 nitrogen and oxygen atoms in total. The van der Waals surface area contributed by atoms with Gasteiger partial charge in [0.15, 0.2) is 0 Å². The Kier molecular flexibility index (Phi) is 6.21. The predicted octanol–water partition coefficient (Wildman–Crippen LogP) is 1.60. The smallest absolute Gasteiger partial charge is 0.335 e. The van der Waals surface area contributed by atoms with Crippen LogP contribution < -0.4 is 10.2 Å². The molecule has 0 spiro atoms. The molecule has 3 heterocycles. The second-order valence-electron chi connectivity index (χ2n) is 8.93. The summed E-state index contributed by atoms with van der Waals surface area (Å²) in [7, 11) is 0. The molecule has 2 aromatic carbocycles. The topological polar surface area (TPSA) is 102 Å². The lowest BCUT2D eigenvalue weighted by Gasteiger charge is -2.44. The van der Waals surface area contributed by atoms with Crippen molar-refractivity contribution < 1.29 is 24.2 Å². The highest BCUT2D eigenvalue weighted by Gasteiger charge is 2.35. The van der Waals surface area contributed by atoms with Crippen molar-refractivity contribution >= 4 is 29.7 Å². The van der Waals surface area contributed by atoms with Gasteiger partial charge in [-0.1, -0.05) is 12.1 Å². The average Bonchev–Trinajstić information content (AvgIpc) is 2.82. The van der Waals surface area contributed by atoms with Gasteiger partial charge in [-0.25, -0.2) is 4.79 Å². The fourth-order valence-corrected chi connectivity index (χ4v) is 5.04. The van der Waals surface area contributed by atoms with Crippen molar-refractivity contribution in [2.75, 3.05) is 56.2 Å². The van der Waals surface area contributed by atoms with E-state index in [0.29, 0.717) is 24.7 Å². The van der Waals surface area contributed by atoms with E-state index >= 15 is 0 Å². The summed E-state index contributed by atoms with van der Waals surface area (Å²) >= 11 is 0. The number of aromatic carboxylic acids is 1. The molecule has 2 N–H and O–H groups in total.